The van der Waals surface area contributed by atoms with Crippen LogP contribution >= 0.6 is 22.9 Å². The number of carbonyl (C=O) groups excluding carboxylic acids is 1. The van der Waals surface area contributed by atoms with Crippen molar-refractivity contribution >= 4 is 50.4 Å². The van der Waals surface area contributed by atoms with Gasteiger partial charge in [-0.15, -0.1) is 11.3 Å². The molecule has 0 saturated heterocycles. The average Bonchev–Trinajstić information content (AvgIpc) is 3.08. The van der Waals surface area contributed by atoms with Gasteiger partial charge < -0.3 is 5.32 Å². The summed E-state index contributed by atoms with van der Waals surface area (Å²) < 4.78 is 0. The third-order valence-electron chi connectivity index (χ3n) is 4.06. The molecule has 0 atom stereocenters. The fraction of sp³-hybridized carbons (Fsp3) is 0.0500. The highest BCUT2D eigenvalue weighted by atomic mass is 35.5. The molecule has 0 aliphatic carbocycles. The van der Waals surface area contributed by atoms with E-state index in [4.69, 9.17) is 11.6 Å². The van der Waals surface area contributed by atoms with Crippen LogP contribution in [0.3, 0.4) is 0 Å². The van der Waals surface area contributed by atoms with Crippen LogP contribution in [0.2, 0.25) is 5.02 Å². The van der Waals surface area contributed by atoms with Crippen molar-refractivity contribution in [3.05, 3.63) is 70.8 Å². The highest BCUT2D eigenvalue weighted by Gasteiger charge is 2.13. The molecule has 4 nitrogen and oxygen atoms in total. The molecule has 2 aromatic heterocycles. The molecule has 0 spiro atoms. The van der Waals surface area contributed by atoms with Crippen molar-refractivity contribution in [2.75, 3.05) is 5.32 Å². The summed E-state index contributed by atoms with van der Waals surface area (Å²) >= 11 is 7.58. The lowest BCUT2D eigenvalue weighted by atomic mass is 10.1. The van der Waals surface area contributed by atoms with E-state index in [1.54, 1.807) is 30.7 Å². The number of nitrogens with zero attached hydrogens (tertiary/aromatic N) is 2. The molecule has 4 aromatic rings. The smallest absolute Gasteiger partial charge is 0.159 e. The number of hydrogen-bond acceptors (Lipinski definition) is 5. The molecular formula is C20H14ClN3OS. The monoisotopic (exact) mass is 379 g/mol. The molecule has 0 radical (unpaired) electrons. The van der Waals surface area contributed by atoms with Gasteiger partial charge >= 0.3 is 0 Å². The Kier molecular flexibility index (Phi) is 4.41. The van der Waals surface area contributed by atoms with Gasteiger partial charge in [0.1, 0.15) is 17.0 Å². The van der Waals surface area contributed by atoms with Crippen LogP contribution < -0.4 is 5.32 Å². The largest absolute Gasteiger partial charge is 0.340 e. The Morgan fingerprint density at radius 2 is 1.92 bits per heavy atom. The Labute approximate surface area is 159 Å². The maximum Gasteiger partial charge on any atom is 0.159 e. The number of Topliss-reactive ketones (excluding diaryl/α,β-unsaturated/α-hetero) is 1. The topological polar surface area (TPSA) is 54.9 Å². The third-order valence-corrected chi connectivity index (χ3v) is 5.20. The third kappa shape index (κ3) is 3.19. The number of benzene rings is 2. The maximum atomic E-state index is 11.6. The molecule has 0 amide bonds. The van der Waals surface area contributed by atoms with Crippen molar-refractivity contribution in [3.8, 4) is 11.1 Å². The highest BCUT2D eigenvalue weighted by Crippen LogP contribution is 2.37. The van der Waals surface area contributed by atoms with Crippen LogP contribution in [-0.2, 0) is 0 Å². The Balaban J connectivity index is 1.80. The van der Waals surface area contributed by atoms with Gasteiger partial charge in [-0.2, -0.15) is 0 Å². The number of fused-ring (bicyclic) bond motifs is 1. The van der Waals surface area contributed by atoms with Gasteiger partial charge in [-0.1, -0.05) is 35.9 Å². The Morgan fingerprint density at radius 3 is 2.69 bits per heavy atom. The molecular weight excluding hydrogens is 366 g/mol. The SMILES string of the molecule is CC(=O)c1cccc(Nc2ncnc3scc(-c4ccc(Cl)cc4)c23)c1. The van der Waals surface area contributed by atoms with Crippen LogP contribution in [0.15, 0.2) is 60.2 Å². The molecule has 0 aliphatic heterocycles. The van der Waals surface area contributed by atoms with E-state index in [1.807, 2.05) is 42.5 Å². The fourth-order valence-corrected chi connectivity index (χ4v) is 3.81. The summed E-state index contributed by atoms with van der Waals surface area (Å²) in [5.41, 5.74) is 3.57. The lowest BCUT2D eigenvalue weighted by molar-refractivity contribution is 0.101. The van der Waals surface area contributed by atoms with Crippen molar-refractivity contribution < 1.29 is 4.79 Å². The lowest BCUT2D eigenvalue weighted by Crippen LogP contribution is -1.98. The van der Waals surface area contributed by atoms with E-state index in [-0.39, 0.29) is 5.78 Å². The van der Waals surface area contributed by atoms with Crippen molar-refractivity contribution in [2.24, 2.45) is 0 Å². The lowest BCUT2D eigenvalue weighted by Gasteiger charge is -2.09. The molecule has 0 unspecified atom stereocenters. The summed E-state index contributed by atoms with van der Waals surface area (Å²) in [6.45, 7) is 1.56. The summed E-state index contributed by atoms with van der Waals surface area (Å²) in [7, 11) is 0. The minimum absolute atomic E-state index is 0.0267. The first kappa shape index (κ1) is 16.7. The maximum absolute atomic E-state index is 11.6. The summed E-state index contributed by atoms with van der Waals surface area (Å²) in [5.74, 6) is 0.737. The molecule has 4 rings (SSSR count). The molecule has 0 fully saturated rings. The number of halogens is 1. The van der Waals surface area contributed by atoms with Crippen LogP contribution in [0.4, 0.5) is 11.5 Å². The van der Waals surface area contributed by atoms with Gasteiger partial charge in [0.25, 0.3) is 0 Å². The minimum atomic E-state index is 0.0267. The zero-order chi connectivity index (χ0) is 18.1. The summed E-state index contributed by atoms with van der Waals surface area (Å²) in [6, 6.07) is 15.1. The van der Waals surface area contributed by atoms with Crippen LogP contribution in [0.25, 0.3) is 21.3 Å². The normalized spacial score (nSPS) is 10.8. The van der Waals surface area contributed by atoms with E-state index in [1.165, 1.54) is 0 Å². The van der Waals surface area contributed by atoms with Crippen molar-refractivity contribution in [3.63, 3.8) is 0 Å². The van der Waals surface area contributed by atoms with Crippen molar-refractivity contribution in [1.29, 1.82) is 0 Å². The first-order valence-electron chi connectivity index (χ1n) is 7.98. The van der Waals surface area contributed by atoms with Crippen molar-refractivity contribution in [2.45, 2.75) is 6.92 Å². The van der Waals surface area contributed by atoms with E-state index in [2.05, 4.69) is 20.7 Å². The minimum Gasteiger partial charge on any atom is -0.340 e. The number of hydrogen-bond donors (Lipinski definition) is 1. The average molecular weight is 380 g/mol. The molecule has 0 saturated carbocycles. The molecule has 128 valence electrons. The van der Waals surface area contributed by atoms with Gasteiger partial charge in [0.2, 0.25) is 0 Å². The zero-order valence-corrected chi connectivity index (χ0v) is 15.4. The number of rotatable bonds is 4. The van der Waals surface area contributed by atoms with E-state index in [9.17, 15) is 4.79 Å². The standard InChI is InChI=1S/C20H14ClN3OS/c1-12(25)14-3-2-4-16(9-14)24-19-18-17(10-26-20(18)23-11-22-19)13-5-7-15(21)8-6-13/h2-11H,1H3,(H,22,23,24). The van der Waals surface area contributed by atoms with E-state index >= 15 is 0 Å². The van der Waals surface area contributed by atoms with E-state index in [0.29, 0.717) is 16.4 Å². The molecule has 26 heavy (non-hydrogen) atoms. The number of carbonyl (C=O) groups is 1. The summed E-state index contributed by atoms with van der Waals surface area (Å²) in [6.07, 6.45) is 1.54. The number of ketones is 1. The number of aromatic nitrogens is 2. The highest BCUT2D eigenvalue weighted by molar-refractivity contribution is 7.17. The fourth-order valence-electron chi connectivity index (χ4n) is 2.76. The molecule has 0 bridgehead atoms. The Bertz CT molecular complexity index is 1110. The van der Waals surface area contributed by atoms with Crippen LogP contribution in [0.1, 0.15) is 17.3 Å². The van der Waals surface area contributed by atoms with Gasteiger partial charge in [-0.05, 0) is 36.8 Å². The molecule has 2 aromatic carbocycles. The molecule has 1 N–H and O–H groups in total. The molecule has 2 heterocycles. The van der Waals surface area contributed by atoms with Gasteiger partial charge in [0, 0.05) is 27.2 Å². The molecule has 0 aliphatic rings. The zero-order valence-electron chi connectivity index (χ0n) is 13.9. The molecule has 6 heteroatoms. The first-order valence-corrected chi connectivity index (χ1v) is 9.24. The first-order chi connectivity index (χ1) is 12.6. The van der Waals surface area contributed by atoms with Gasteiger partial charge in [-0.3, -0.25) is 4.79 Å². The number of nitrogens with one attached hydrogen (secondary N) is 1. The second kappa shape index (κ2) is 6.86. The van der Waals surface area contributed by atoms with E-state index < -0.39 is 0 Å². The Morgan fingerprint density at radius 1 is 1.12 bits per heavy atom. The van der Waals surface area contributed by atoms with Gasteiger partial charge in [0.15, 0.2) is 5.78 Å². The second-order valence-electron chi connectivity index (χ2n) is 5.82. The quantitative estimate of drug-likeness (QED) is 0.444. The summed E-state index contributed by atoms with van der Waals surface area (Å²) in [4.78, 5) is 21.3. The second-order valence-corrected chi connectivity index (χ2v) is 7.12. The van der Waals surface area contributed by atoms with Gasteiger partial charge in [-0.25, -0.2) is 9.97 Å². The van der Waals surface area contributed by atoms with Crippen LogP contribution in [0.5, 0.6) is 0 Å². The predicted octanol–water partition coefficient (Wildman–Crippen LogP) is 5.96. The number of thiophene rings is 1. The number of anilines is 2. The van der Waals surface area contributed by atoms with Crippen LogP contribution in [0, 0.1) is 0 Å². The van der Waals surface area contributed by atoms with Crippen LogP contribution in [-0.4, -0.2) is 15.8 Å². The predicted molar refractivity (Wildman–Crippen MR) is 108 cm³/mol. The van der Waals surface area contributed by atoms with Crippen molar-refractivity contribution in [1.82, 2.24) is 9.97 Å². The summed E-state index contributed by atoms with van der Waals surface area (Å²) in [5, 5.41) is 7.05. The van der Waals surface area contributed by atoms with E-state index in [0.717, 1.165) is 27.0 Å². The Hall–Kier alpha value is -2.76. The van der Waals surface area contributed by atoms with Gasteiger partial charge in [0.05, 0.1) is 5.39 Å².